The van der Waals surface area contributed by atoms with Crippen molar-refractivity contribution in [3.8, 4) is 11.5 Å². The average Bonchev–Trinajstić information content (AvgIpc) is 3.25. The van der Waals surface area contributed by atoms with Gasteiger partial charge in [0.15, 0.2) is 0 Å². The molecule has 122 valence electrons. The maximum atomic E-state index is 12.8. The minimum absolute atomic E-state index is 0.159. The van der Waals surface area contributed by atoms with Crippen LogP contribution in [0.4, 0.5) is 0 Å². The van der Waals surface area contributed by atoms with Gasteiger partial charge in [-0.05, 0) is 43.7 Å². The van der Waals surface area contributed by atoms with Crippen molar-refractivity contribution in [3.63, 3.8) is 0 Å². The van der Waals surface area contributed by atoms with E-state index in [0.29, 0.717) is 18.0 Å². The number of pyridine rings is 1. The highest BCUT2D eigenvalue weighted by molar-refractivity contribution is 5.94. The molecule has 2 N–H and O–H groups in total. The Labute approximate surface area is 134 Å². The van der Waals surface area contributed by atoms with Crippen molar-refractivity contribution in [1.82, 2.24) is 15.2 Å². The van der Waals surface area contributed by atoms with Crippen molar-refractivity contribution >= 4 is 5.91 Å². The number of nitrogens with zero attached hydrogens (tertiary/aromatic N) is 1. The lowest BCUT2D eigenvalue weighted by Gasteiger charge is -2.28. The molecule has 6 nitrogen and oxygen atoms in total. The average molecular weight is 315 g/mol. The second-order valence-corrected chi connectivity index (χ2v) is 5.74. The minimum Gasteiger partial charge on any atom is -0.463 e. The molecule has 3 rings (SSSR count). The zero-order valence-corrected chi connectivity index (χ0v) is 13.2. The van der Waals surface area contributed by atoms with Gasteiger partial charge in [0.05, 0.1) is 12.0 Å². The summed E-state index contributed by atoms with van der Waals surface area (Å²) in [5.74, 6) is 0.374. The number of furan rings is 1. The largest absolute Gasteiger partial charge is 0.463 e. The molecule has 1 fully saturated rings. The van der Waals surface area contributed by atoms with Crippen LogP contribution in [0, 0.1) is 0 Å². The molecule has 0 spiro atoms. The normalized spacial score (nSPS) is 17.3. The quantitative estimate of drug-likeness (QED) is 0.882. The molecule has 1 amide bonds. The Morgan fingerprint density at radius 1 is 1.39 bits per heavy atom. The molecule has 1 atom stereocenters. The van der Waals surface area contributed by atoms with Gasteiger partial charge in [-0.3, -0.25) is 9.59 Å². The lowest BCUT2D eigenvalue weighted by atomic mass is 10.1. The number of hydrogen-bond acceptors (Lipinski definition) is 4. The topological polar surface area (TPSA) is 78.3 Å². The monoisotopic (exact) mass is 315 g/mol. The van der Waals surface area contributed by atoms with E-state index < -0.39 is 0 Å². The Bertz CT molecular complexity index is 715. The zero-order chi connectivity index (χ0) is 16.2. The van der Waals surface area contributed by atoms with Gasteiger partial charge >= 0.3 is 0 Å². The van der Waals surface area contributed by atoms with Crippen LogP contribution >= 0.6 is 0 Å². The fraction of sp³-hybridized carbons (Fsp3) is 0.412. The number of carbonyl (C=O) groups excluding carboxylic acids is 1. The third-order valence-electron chi connectivity index (χ3n) is 4.13. The van der Waals surface area contributed by atoms with E-state index in [1.807, 2.05) is 11.8 Å². The number of aromatic amines is 1. The van der Waals surface area contributed by atoms with Crippen LogP contribution in [0.2, 0.25) is 0 Å². The lowest BCUT2D eigenvalue weighted by Crippen LogP contribution is -2.43. The molecule has 6 heteroatoms. The zero-order valence-electron chi connectivity index (χ0n) is 13.2. The highest BCUT2D eigenvalue weighted by Crippen LogP contribution is 2.17. The molecular weight excluding hydrogens is 294 g/mol. The molecule has 0 saturated carbocycles. The van der Waals surface area contributed by atoms with Gasteiger partial charge in [-0.15, -0.1) is 0 Å². The molecule has 1 aliphatic rings. The summed E-state index contributed by atoms with van der Waals surface area (Å²) < 4.78 is 5.27. The molecule has 2 aromatic rings. The SMILES string of the molecule is CCCN(C(=O)c1ccc(-c2ccco2)[nH]c1=O)C1CCNC1. The Morgan fingerprint density at radius 3 is 2.87 bits per heavy atom. The number of aromatic nitrogens is 1. The molecule has 3 heterocycles. The molecule has 0 radical (unpaired) electrons. The van der Waals surface area contributed by atoms with Gasteiger partial charge in [-0.1, -0.05) is 6.92 Å². The van der Waals surface area contributed by atoms with Crippen molar-refractivity contribution in [3.05, 3.63) is 46.4 Å². The molecule has 0 aromatic carbocycles. The second-order valence-electron chi connectivity index (χ2n) is 5.74. The first-order chi connectivity index (χ1) is 11.2. The highest BCUT2D eigenvalue weighted by Gasteiger charge is 2.28. The molecule has 1 saturated heterocycles. The molecule has 0 aliphatic carbocycles. The van der Waals surface area contributed by atoms with E-state index in [0.717, 1.165) is 25.9 Å². The first-order valence-corrected chi connectivity index (χ1v) is 7.99. The first kappa shape index (κ1) is 15.6. The summed E-state index contributed by atoms with van der Waals surface area (Å²) in [6, 6.07) is 6.98. The summed E-state index contributed by atoms with van der Waals surface area (Å²) in [5.41, 5.74) is 0.373. The van der Waals surface area contributed by atoms with Gasteiger partial charge in [-0.25, -0.2) is 0 Å². The summed E-state index contributed by atoms with van der Waals surface area (Å²) in [7, 11) is 0. The minimum atomic E-state index is -0.379. The molecule has 1 unspecified atom stereocenters. The van der Waals surface area contributed by atoms with Gasteiger partial charge in [0.25, 0.3) is 11.5 Å². The first-order valence-electron chi connectivity index (χ1n) is 7.99. The Hall–Kier alpha value is -2.34. The smallest absolute Gasteiger partial charge is 0.261 e. The van der Waals surface area contributed by atoms with Crippen molar-refractivity contribution in [2.45, 2.75) is 25.8 Å². The number of H-pyrrole nitrogens is 1. The Kier molecular flexibility index (Phi) is 4.62. The van der Waals surface area contributed by atoms with E-state index >= 15 is 0 Å². The van der Waals surface area contributed by atoms with Crippen molar-refractivity contribution < 1.29 is 9.21 Å². The van der Waals surface area contributed by atoms with Gasteiger partial charge in [0, 0.05) is 19.1 Å². The van der Waals surface area contributed by atoms with Crippen LogP contribution in [0.5, 0.6) is 0 Å². The van der Waals surface area contributed by atoms with Crippen molar-refractivity contribution in [1.29, 1.82) is 0 Å². The van der Waals surface area contributed by atoms with E-state index in [9.17, 15) is 9.59 Å². The van der Waals surface area contributed by atoms with E-state index in [2.05, 4.69) is 10.3 Å². The van der Waals surface area contributed by atoms with E-state index in [4.69, 9.17) is 4.42 Å². The Morgan fingerprint density at radius 2 is 2.26 bits per heavy atom. The summed E-state index contributed by atoms with van der Waals surface area (Å²) in [6.45, 7) is 4.39. The second kappa shape index (κ2) is 6.83. The highest BCUT2D eigenvalue weighted by atomic mass is 16.3. The number of carbonyl (C=O) groups is 1. The van der Waals surface area contributed by atoms with E-state index in [-0.39, 0.29) is 23.1 Å². The van der Waals surface area contributed by atoms with Gasteiger partial charge in [-0.2, -0.15) is 0 Å². The molecule has 1 aliphatic heterocycles. The third kappa shape index (κ3) is 3.22. The van der Waals surface area contributed by atoms with Crippen molar-refractivity contribution in [2.75, 3.05) is 19.6 Å². The number of hydrogen-bond donors (Lipinski definition) is 2. The summed E-state index contributed by atoms with van der Waals surface area (Å²) in [6.07, 6.45) is 3.33. The number of nitrogens with one attached hydrogen (secondary N) is 2. The number of amides is 1. The maximum Gasteiger partial charge on any atom is 0.261 e. The van der Waals surface area contributed by atoms with E-state index in [1.165, 1.54) is 0 Å². The van der Waals surface area contributed by atoms with Crippen LogP contribution in [-0.4, -0.2) is 41.5 Å². The molecule has 0 bridgehead atoms. The van der Waals surface area contributed by atoms with E-state index in [1.54, 1.807) is 30.5 Å². The Balaban J connectivity index is 1.87. The fourth-order valence-corrected chi connectivity index (χ4v) is 2.97. The maximum absolute atomic E-state index is 12.8. The summed E-state index contributed by atoms with van der Waals surface area (Å²) in [5, 5.41) is 3.27. The summed E-state index contributed by atoms with van der Waals surface area (Å²) in [4.78, 5) is 29.7. The van der Waals surface area contributed by atoms with Crippen LogP contribution in [0.15, 0.2) is 39.7 Å². The predicted molar refractivity (Wildman–Crippen MR) is 87.4 cm³/mol. The van der Waals surface area contributed by atoms with Gasteiger partial charge in [0.1, 0.15) is 11.3 Å². The van der Waals surface area contributed by atoms with Crippen LogP contribution in [-0.2, 0) is 0 Å². The fourth-order valence-electron chi connectivity index (χ4n) is 2.97. The number of rotatable bonds is 5. The van der Waals surface area contributed by atoms with Crippen LogP contribution < -0.4 is 10.9 Å². The molecule has 23 heavy (non-hydrogen) atoms. The van der Waals surface area contributed by atoms with Crippen LogP contribution in [0.3, 0.4) is 0 Å². The van der Waals surface area contributed by atoms with Gasteiger partial charge < -0.3 is 19.6 Å². The summed E-state index contributed by atoms with van der Waals surface area (Å²) >= 11 is 0. The standard InChI is InChI=1S/C17H21N3O3/c1-2-9-20(12-7-8-18-11-12)17(22)13-5-6-14(19-16(13)21)15-4-3-10-23-15/h3-6,10,12,18H,2,7-9,11H2,1H3,(H,19,21). The predicted octanol–water partition coefficient (Wildman–Crippen LogP) is 1.85. The van der Waals surface area contributed by atoms with Crippen LogP contribution in [0.1, 0.15) is 30.1 Å². The molecular formula is C17H21N3O3. The van der Waals surface area contributed by atoms with Crippen LogP contribution in [0.25, 0.3) is 11.5 Å². The van der Waals surface area contributed by atoms with Crippen molar-refractivity contribution in [2.24, 2.45) is 0 Å². The van der Waals surface area contributed by atoms with Gasteiger partial charge in [0.2, 0.25) is 0 Å². The third-order valence-corrected chi connectivity index (χ3v) is 4.13. The lowest BCUT2D eigenvalue weighted by molar-refractivity contribution is 0.0690. The molecule has 2 aromatic heterocycles.